The minimum atomic E-state index is -4.58. The summed E-state index contributed by atoms with van der Waals surface area (Å²) in [5.74, 6) is -0.620. The topological polar surface area (TPSA) is 64.9 Å². The summed E-state index contributed by atoms with van der Waals surface area (Å²) in [4.78, 5) is 12.3. The monoisotopic (exact) mass is 403 g/mol. The first-order valence-electron chi connectivity index (χ1n) is 9.35. The van der Waals surface area contributed by atoms with Gasteiger partial charge in [-0.1, -0.05) is 68.4 Å². The van der Waals surface area contributed by atoms with E-state index in [1.165, 1.54) is 12.1 Å². The van der Waals surface area contributed by atoms with Gasteiger partial charge in [0.05, 0.1) is 12.1 Å². The fourth-order valence-electron chi connectivity index (χ4n) is 3.05. The molecule has 4 nitrogen and oxygen atoms in total. The van der Waals surface area contributed by atoms with Gasteiger partial charge in [0.25, 0.3) is 0 Å². The third-order valence-electron chi connectivity index (χ3n) is 4.41. The molecule has 0 fully saturated rings. The lowest BCUT2D eigenvalue weighted by atomic mass is 9.97. The Labute approximate surface area is 168 Å². The Morgan fingerprint density at radius 2 is 1.62 bits per heavy atom. The van der Waals surface area contributed by atoms with E-state index in [1.807, 2.05) is 44.2 Å². The van der Waals surface area contributed by atoms with Crippen LogP contribution in [0.1, 0.15) is 31.9 Å². The van der Waals surface area contributed by atoms with Crippen LogP contribution in [0.25, 0.3) is 11.1 Å². The van der Waals surface area contributed by atoms with Crippen molar-refractivity contribution in [3.05, 3.63) is 60.2 Å². The first kappa shape index (κ1) is 22.4. The van der Waals surface area contributed by atoms with Crippen LogP contribution in [0.3, 0.4) is 0 Å². The maximum Gasteiger partial charge on any atom is 0.407 e. The van der Waals surface area contributed by atoms with Gasteiger partial charge in [0.1, 0.15) is 12.6 Å². The van der Waals surface area contributed by atoms with Gasteiger partial charge in [0.15, 0.2) is 0 Å². The van der Waals surface area contributed by atoms with E-state index in [1.54, 1.807) is 18.2 Å². The zero-order chi connectivity index (χ0) is 21.4. The molecule has 0 saturated heterocycles. The van der Waals surface area contributed by atoms with Crippen molar-refractivity contribution in [2.45, 2.75) is 38.5 Å². The summed E-state index contributed by atoms with van der Waals surface area (Å²) < 4.78 is 41.4. The molecule has 2 N–H and O–H groups in total. The molecule has 2 atom stereocenters. The Balaban J connectivity index is 2.28. The second kappa shape index (κ2) is 10.1. The molecule has 0 aromatic heterocycles. The van der Waals surface area contributed by atoms with Gasteiger partial charge in [-0.3, -0.25) is 10.1 Å². The van der Waals surface area contributed by atoms with E-state index in [0.29, 0.717) is 0 Å². The average molecular weight is 403 g/mol. The van der Waals surface area contributed by atoms with Crippen LogP contribution in [0.2, 0.25) is 0 Å². The van der Waals surface area contributed by atoms with Crippen molar-refractivity contribution in [3.63, 3.8) is 0 Å². The van der Waals surface area contributed by atoms with Crippen LogP contribution in [0.5, 0.6) is 0 Å². The van der Waals surface area contributed by atoms with E-state index in [4.69, 9.17) is 5.26 Å². The lowest BCUT2D eigenvalue weighted by Crippen LogP contribution is -2.49. The molecule has 0 bridgehead atoms. The minimum Gasteiger partial charge on any atom is -0.342 e. The first-order valence-corrected chi connectivity index (χ1v) is 9.35. The molecule has 7 heteroatoms. The van der Waals surface area contributed by atoms with E-state index in [-0.39, 0.29) is 24.4 Å². The molecule has 0 saturated carbocycles. The fourth-order valence-corrected chi connectivity index (χ4v) is 3.05. The molecule has 1 unspecified atom stereocenters. The van der Waals surface area contributed by atoms with Crippen molar-refractivity contribution < 1.29 is 18.0 Å². The summed E-state index contributed by atoms with van der Waals surface area (Å²) in [6, 6.07) is 14.2. The molecule has 2 aromatic rings. The second-order valence-corrected chi connectivity index (χ2v) is 7.19. The van der Waals surface area contributed by atoms with Crippen molar-refractivity contribution >= 4 is 5.91 Å². The summed E-state index contributed by atoms with van der Waals surface area (Å²) in [6.07, 6.45) is -4.37. The van der Waals surface area contributed by atoms with E-state index >= 15 is 0 Å². The van der Waals surface area contributed by atoms with Crippen LogP contribution in [0, 0.1) is 17.2 Å². The largest absolute Gasteiger partial charge is 0.407 e. The van der Waals surface area contributed by atoms with Crippen LogP contribution >= 0.6 is 0 Å². The lowest BCUT2D eigenvalue weighted by Gasteiger charge is -2.28. The maximum absolute atomic E-state index is 13.8. The highest BCUT2D eigenvalue weighted by atomic mass is 19.4. The van der Waals surface area contributed by atoms with Crippen LogP contribution in [0.15, 0.2) is 54.6 Å². The molecule has 0 radical (unpaired) electrons. The molecule has 0 spiro atoms. The zero-order valence-electron chi connectivity index (χ0n) is 16.3. The van der Waals surface area contributed by atoms with E-state index in [2.05, 4.69) is 10.6 Å². The van der Waals surface area contributed by atoms with Crippen molar-refractivity contribution in [3.8, 4) is 17.2 Å². The molecular formula is C22H24F3N3O. The van der Waals surface area contributed by atoms with E-state index in [9.17, 15) is 18.0 Å². The SMILES string of the molecule is CC(C)C[C@H](NC(c1ccc(-c2ccccc2)cc1)C(F)(F)F)C(=O)NCC#N. The Kier molecular flexibility index (Phi) is 7.80. The Morgan fingerprint density at radius 3 is 2.14 bits per heavy atom. The maximum atomic E-state index is 13.8. The molecule has 29 heavy (non-hydrogen) atoms. The number of amides is 1. The van der Waals surface area contributed by atoms with Gasteiger partial charge in [-0.15, -0.1) is 0 Å². The number of nitrogens with one attached hydrogen (secondary N) is 2. The number of benzene rings is 2. The summed E-state index contributed by atoms with van der Waals surface area (Å²) in [5, 5.41) is 13.4. The zero-order valence-corrected chi connectivity index (χ0v) is 16.3. The van der Waals surface area contributed by atoms with E-state index < -0.39 is 24.2 Å². The Bertz CT molecular complexity index is 827. The van der Waals surface area contributed by atoms with Crippen LogP contribution in [-0.2, 0) is 4.79 Å². The highest BCUT2D eigenvalue weighted by Crippen LogP contribution is 2.34. The van der Waals surface area contributed by atoms with Gasteiger partial charge in [0, 0.05) is 0 Å². The summed E-state index contributed by atoms with van der Waals surface area (Å²) in [6.45, 7) is 3.39. The minimum absolute atomic E-state index is 0.00493. The molecule has 2 rings (SSSR count). The average Bonchev–Trinajstić information content (AvgIpc) is 2.69. The van der Waals surface area contributed by atoms with Gasteiger partial charge < -0.3 is 5.32 Å². The van der Waals surface area contributed by atoms with Gasteiger partial charge in [-0.2, -0.15) is 18.4 Å². The molecule has 1 amide bonds. The van der Waals surface area contributed by atoms with Gasteiger partial charge in [0.2, 0.25) is 5.91 Å². The molecule has 0 aliphatic carbocycles. The fraction of sp³-hybridized carbons (Fsp3) is 0.364. The molecule has 154 valence electrons. The molecular weight excluding hydrogens is 379 g/mol. The Hall–Kier alpha value is -2.85. The standard InChI is InChI=1S/C22H24F3N3O/c1-15(2)14-19(21(29)27-13-12-26)28-20(22(23,24)25)18-10-8-17(9-11-18)16-6-4-3-5-7-16/h3-11,15,19-20,28H,13-14H2,1-2H3,(H,27,29)/t19-,20?/m0/s1. The van der Waals surface area contributed by atoms with Gasteiger partial charge >= 0.3 is 6.18 Å². The number of nitrogens with zero attached hydrogens (tertiary/aromatic N) is 1. The number of nitriles is 1. The predicted octanol–water partition coefficient (Wildman–Crippen LogP) is 4.60. The van der Waals surface area contributed by atoms with Crippen LogP contribution in [0.4, 0.5) is 13.2 Å². The van der Waals surface area contributed by atoms with Gasteiger partial charge in [-0.25, -0.2) is 0 Å². The molecule has 0 aliphatic rings. The first-order chi connectivity index (χ1) is 13.7. The summed E-state index contributed by atoms with van der Waals surface area (Å²) >= 11 is 0. The number of halogens is 3. The number of hydrogen-bond donors (Lipinski definition) is 2. The highest BCUT2D eigenvalue weighted by molar-refractivity contribution is 5.82. The summed E-state index contributed by atoms with van der Waals surface area (Å²) in [7, 11) is 0. The quantitative estimate of drug-likeness (QED) is 0.633. The molecule has 2 aromatic carbocycles. The Morgan fingerprint density at radius 1 is 1.03 bits per heavy atom. The highest BCUT2D eigenvalue weighted by Gasteiger charge is 2.42. The second-order valence-electron chi connectivity index (χ2n) is 7.19. The summed E-state index contributed by atoms with van der Waals surface area (Å²) in [5.41, 5.74) is 1.74. The van der Waals surface area contributed by atoms with Crippen molar-refractivity contribution in [1.29, 1.82) is 5.26 Å². The molecule has 0 heterocycles. The number of hydrogen-bond acceptors (Lipinski definition) is 3. The van der Waals surface area contributed by atoms with Gasteiger partial charge in [-0.05, 0) is 29.0 Å². The number of alkyl halides is 3. The van der Waals surface area contributed by atoms with Crippen LogP contribution in [-0.4, -0.2) is 24.7 Å². The third-order valence-corrected chi connectivity index (χ3v) is 4.41. The van der Waals surface area contributed by atoms with Crippen molar-refractivity contribution in [2.24, 2.45) is 5.92 Å². The lowest BCUT2D eigenvalue weighted by molar-refractivity contribution is -0.161. The number of carbonyl (C=O) groups is 1. The third kappa shape index (κ3) is 6.61. The van der Waals surface area contributed by atoms with Crippen molar-refractivity contribution in [1.82, 2.24) is 10.6 Å². The predicted molar refractivity (Wildman–Crippen MR) is 106 cm³/mol. The normalized spacial score (nSPS) is 13.6. The van der Waals surface area contributed by atoms with Crippen LogP contribution < -0.4 is 10.6 Å². The smallest absolute Gasteiger partial charge is 0.342 e. The number of rotatable bonds is 8. The van der Waals surface area contributed by atoms with E-state index in [0.717, 1.165) is 11.1 Å². The van der Waals surface area contributed by atoms with Crippen molar-refractivity contribution in [2.75, 3.05) is 6.54 Å². The molecule has 0 aliphatic heterocycles. The number of carbonyl (C=O) groups excluding carboxylic acids is 1.